The first-order valence-corrected chi connectivity index (χ1v) is 7.49. The Balaban J connectivity index is 2.22. The van der Waals surface area contributed by atoms with Crippen molar-refractivity contribution < 1.29 is 9.90 Å². The third-order valence-electron chi connectivity index (χ3n) is 3.48. The third-order valence-corrected chi connectivity index (χ3v) is 3.71. The maximum atomic E-state index is 12.5. The van der Waals surface area contributed by atoms with E-state index in [9.17, 15) is 9.90 Å². The molecule has 1 heterocycles. The molecule has 1 atom stereocenters. The van der Waals surface area contributed by atoms with Crippen LogP contribution in [0.5, 0.6) is 0 Å². The highest BCUT2D eigenvalue weighted by Crippen LogP contribution is 2.23. The van der Waals surface area contributed by atoms with Gasteiger partial charge in [-0.3, -0.25) is 4.79 Å². The summed E-state index contributed by atoms with van der Waals surface area (Å²) in [6, 6.07) is 5.65. The first-order chi connectivity index (χ1) is 9.88. The van der Waals surface area contributed by atoms with Crippen LogP contribution in [-0.4, -0.2) is 39.6 Å². The van der Waals surface area contributed by atoms with E-state index >= 15 is 0 Å². The van der Waals surface area contributed by atoms with Gasteiger partial charge in [0, 0.05) is 34.7 Å². The number of nitrogens with zero attached hydrogens (tertiary/aromatic N) is 1. The zero-order chi connectivity index (χ0) is 15.6. The standard InChI is InChI=1S/C16H21ClN2O2/c1-10(2)19(9-11(3)20)16(21)6-12-8-18-15-5-4-13(17)7-14(12)15/h4-5,7-8,10-11,18,20H,6,9H2,1-3H3. The Kier molecular flexibility index (Phi) is 4.91. The van der Waals surface area contributed by atoms with E-state index in [0.29, 0.717) is 18.0 Å². The van der Waals surface area contributed by atoms with Crippen molar-refractivity contribution in [3.05, 3.63) is 35.0 Å². The number of amides is 1. The Morgan fingerprint density at radius 2 is 2.10 bits per heavy atom. The molecule has 21 heavy (non-hydrogen) atoms. The van der Waals surface area contributed by atoms with Crippen LogP contribution in [0.2, 0.25) is 5.02 Å². The van der Waals surface area contributed by atoms with Crippen LogP contribution >= 0.6 is 11.6 Å². The molecule has 0 aliphatic rings. The van der Waals surface area contributed by atoms with Gasteiger partial charge in [-0.25, -0.2) is 0 Å². The van der Waals surface area contributed by atoms with Crippen LogP contribution in [0, 0.1) is 0 Å². The van der Waals surface area contributed by atoms with Gasteiger partial charge in [-0.15, -0.1) is 0 Å². The van der Waals surface area contributed by atoms with E-state index in [4.69, 9.17) is 11.6 Å². The van der Waals surface area contributed by atoms with Crippen molar-refractivity contribution in [2.24, 2.45) is 0 Å². The van der Waals surface area contributed by atoms with Crippen molar-refractivity contribution in [1.29, 1.82) is 0 Å². The van der Waals surface area contributed by atoms with Crippen molar-refractivity contribution >= 4 is 28.4 Å². The second-order valence-corrected chi connectivity index (χ2v) is 6.11. The average Bonchev–Trinajstić information content (AvgIpc) is 2.78. The number of halogens is 1. The molecule has 1 unspecified atom stereocenters. The molecule has 0 aliphatic heterocycles. The van der Waals surface area contributed by atoms with E-state index < -0.39 is 6.10 Å². The molecular formula is C16H21ClN2O2. The molecule has 0 radical (unpaired) electrons. The minimum absolute atomic E-state index is 0.00627. The predicted molar refractivity (Wildman–Crippen MR) is 85.5 cm³/mol. The van der Waals surface area contributed by atoms with Crippen molar-refractivity contribution in [3.63, 3.8) is 0 Å². The molecule has 5 heteroatoms. The minimum atomic E-state index is -0.534. The molecule has 114 valence electrons. The number of carbonyl (C=O) groups excluding carboxylic acids is 1. The molecule has 2 rings (SSSR count). The number of hydrogen-bond acceptors (Lipinski definition) is 2. The van der Waals surface area contributed by atoms with Crippen LogP contribution in [0.4, 0.5) is 0 Å². The fraction of sp³-hybridized carbons (Fsp3) is 0.438. The molecule has 2 aromatic rings. The normalized spacial score (nSPS) is 12.9. The summed E-state index contributed by atoms with van der Waals surface area (Å²) in [5.74, 6) is 0.00627. The average molecular weight is 309 g/mol. The summed E-state index contributed by atoms with van der Waals surface area (Å²) in [6.45, 7) is 5.94. The van der Waals surface area contributed by atoms with Crippen molar-refractivity contribution in [3.8, 4) is 0 Å². The maximum Gasteiger partial charge on any atom is 0.227 e. The Bertz CT molecular complexity index is 634. The molecule has 0 saturated carbocycles. The molecule has 0 fully saturated rings. The van der Waals surface area contributed by atoms with Crippen LogP contribution in [0.15, 0.2) is 24.4 Å². The summed E-state index contributed by atoms with van der Waals surface area (Å²) in [5.41, 5.74) is 1.89. The Morgan fingerprint density at radius 1 is 1.38 bits per heavy atom. The molecule has 1 amide bonds. The minimum Gasteiger partial charge on any atom is -0.392 e. The highest BCUT2D eigenvalue weighted by molar-refractivity contribution is 6.31. The largest absolute Gasteiger partial charge is 0.392 e. The molecule has 0 saturated heterocycles. The topological polar surface area (TPSA) is 56.3 Å². The number of benzene rings is 1. The maximum absolute atomic E-state index is 12.5. The SMILES string of the molecule is CC(O)CN(C(=O)Cc1c[nH]c2ccc(Cl)cc12)C(C)C. The van der Waals surface area contributed by atoms with E-state index in [0.717, 1.165) is 16.5 Å². The predicted octanol–water partition coefficient (Wildman–Crippen LogP) is 2.98. The van der Waals surface area contributed by atoms with Gasteiger partial charge < -0.3 is 15.0 Å². The van der Waals surface area contributed by atoms with E-state index in [1.54, 1.807) is 11.8 Å². The van der Waals surface area contributed by atoms with Gasteiger partial charge in [-0.2, -0.15) is 0 Å². The molecular weight excluding hydrogens is 288 g/mol. The summed E-state index contributed by atoms with van der Waals surface area (Å²) in [7, 11) is 0. The van der Waals surface area contributed by atoms with E-state index in [-0.39, 0.29) is 11.9 Å². The van der Waals surface area contributed by atoms with Crippen LogP contribution in [-0.2, 0) is 11.2 Å². The van der Waals surface area contributed by atoms with Gasteiger partial charge in [0.1, 0.15) is 0 Å². The lowest BCUT2D eigenvalue weighted by Gasteiger charge is -2.28. The third kappa shape index (κ3) is 3.77. The highest BCUT2D eigenvalue weighted by Gasteiger charge is 2.20. The molecule has 1 aromatic heterocycles. The Hall–Kier alpha value is -1.52. The van der Waals surface area contributed by atoms with Gasteiger partial charge in [0.15, 0.2) is 0 Å². The van der Waals surface area contributed by atoms with Gasteiger partial charge in [0.2, 0.25) is 5.91 Å². The van der Waals surface area contributed by atoms with Gasteiger partial charge in [0.05, 0.1) is 12.5 Å². The molecule has 1 aromatic carbocycles. The lowest BCUT2D eigenvalue weighted by Crippen LogP contribution is -2.42. The summed E-state index contributed by atoms with van der Waals surface area (Å²) in [6.07, 6.45) is 1.61. The van der Waals surface area contributed by atoms with E-state index in [2.05, 4.69) is 4.98 Å². The number of hydrogen-bond donors (Lipinski definition) is 2. The van der Waals surface area contributed by atoms with Gasteiger partial charge in [-0.1, -0.05) is 11.6 Å². The number of rotatable bonds is 5. The summed E-state index contributed by atoms with van der Waals surface area (Å²) >= 11 is 6.02. The van der Waals surface area contributed by atoms with Crippen molar-refractivity contribution in [2.45, 2.75) is 39.3 Å². The van der Waals surface area contributed by atoms with Gasteiger partial charge >= 0.3 is 0 Å². The van der Waals surface area contributed by atoms with E-state index in [1.165, 1.54) is 0 Å². The number of carbonyl (C=O) groups is 1. The zero-order valence-corrected chi connectivity index (χ0v) is 13.3. The lowest BCUT2D eigenvalue weighted by molar-refractivity contribution is -0.133. The second-order valence-electron chi connectivity index (χ2n) is 5.67. The Labute approximate surface area is 129 Å². The number of aliphatic hydroxyl groups excluding tert-OH is 1. The van der Waals surface area contributed by atoms with Crippen molar-refractivity contribution in [2.75, 3.05) is 6.54 Å². The van der Waals surface area contributed by atoms with Crippen LogP contribution < -0.4 is 0 Å². The molecule has 2 N–H and O–H groups in total. The quantitative estimate of drug-likeness (QED) is 0.892. The summed E-state index contributed by atoms with van der Waals surface area (Å²) in [5, 5.41) is 11.2. The zero-order valence-electron chi connectivity index (χ0n) is 12.6. The lowest BCUT2D eigenvalue weighted by atomic mass is 10.1. The smallest absolute Gasteiger partial charge is 0.227 e. The molecule has 0 aliphatic carbocycles. The first-order valence-electron chi connectivity index (χ1n) is 7.11. The number of aliphatic hydroxyl groups is 1. The fourth-order valence-corrected chi connectivity index (χ4v) is 2.62. The van der Waals surface area contributed by atoms with Crippen LogP contribution in [0.25, 0.3) is 10.9 Å². The number of H-pyrrole nitrogens is 1. The van der Waals surface area contributed by atoms with Gasteiger partial charge in [0.25, 0.3) is 0 Å². The summed E-state index contributed by atoms with van der Waals surface area (Å²) < 4.78 is 0. The van der Waals surface area contributed by atoms with Crippen LogP contribution in [0.1, 0.15) is 26.3 Å². The number of fused-ring (bicyclic) bond motifs is 1. The Morgan fingerprint density at radius 3 is 2.71 bits per heavy atom. The molecule has 0 bridgehead atoms. The second kappa shape index (κ2) is 6.50. The van der Waals surface area contributed by atoms with Gasteiger partial charge in [-0.05, 0) is 44.5 Å². The van der Waals surface area contributed by atoms with Crippen LogP contribution in [0.3, 0.4) is 0 Å². The molecule has 0 spiro atoms. The number of aromatic amines is 1. The number of aromatic nitrogens is 1. The van der Waals surface area contributed by atoms with Crippen molar-refractivity contribution in [1.82, 2.24) is 9.88 Å². The monoisotopic (exact) mass is 308 g/mol. The first kappa shape index (κ1) is 15.9. The van der Waals surface area contributed by atoms with E-state index in [1.807, 2.05) is 38.2 Å². The summed E-state index contributed by atoms with van der Waals surface area (Å²) in [4.78, 5) is 17.3. The molecule has 4 nitrogen and oxygen atoms in total. The fourth-order valence-electron chi connectivity index (χ4n) is 2.45. The highest BCUT2D eigenvalue weighted by atomic mass is 35.5. The number of nitrogens with one attached hydrogen (secondary N) is 1.